The third kappa shape index (κ3) is 3.06. The number of urea groups is 1. The van der Waals surface area contributed by atoms with Crippen LogP contribution in [0.5, 0.6) is 0 Å². The van der Waals surface area contributed by atoms with E-state index in [4.69, 9.17) is 0 Å². The monoisotopic (exact) mass is 383 g/mol. The highest BCUT2D eigenvalue weighted by Gasteiger charge is 2.50. The highest BCUT2D eigenvalue weighted by Crippen LogP contribution is 2.29. The molecule has 0 aliphatic carbocycles. The molecule has 0 bridgehead atoms. The highest BCUT2D eigenvalue weighted by atomic mass is 32.2. The van der Waals surface area contributed by atoms with Gasteiger partial charge in [0, 0.05) is 39.4 Å². The molecule has 0 N–H and O–H groups in total. The Morgan fingerprint density at radius 1 is 1.19 bits per heavy atom. The Kier molecular flexibility index (Phi) is 4.72. The number of hydrogen-bond donors (Lipinski definition) is 0. The number of rotatable bonds is 2. The number of nitrogens with zero attached hydrogens (tertiary/aromatic N) is 5. The maximum absolute atomic E-state index is 13.1. The lowest BCUT2D eigenvalue weighted by Gasteiger charge is -2.44. The molecule has 3 amide bonds. The first-order valence-corrected chi connectivity index (χ1v) is 10.5. The average molecular weight is 383 g/mol. The molecule has 2 aliphatic rings. The highest BCUT2D eigenvalue weighted by molar-refractivity contribution is 7.91. The molecule has 2 saturated heterocycles. The minimum atomic E-state index is -3.31. The van der Waals surface area contributed by atoms with Gasteiger partial charge in [-0.2, -0.15) is 5.10 Å². The van der Waals surface area contributed by atoms with E-state index in [0.29, 0.717) is 25.2 Å². The molecule has 0 aromatic carbocycles. The van der Waals surface area contributed by atoms with Crippen molar-refractivity contribution >= 4 is 21.8 Å². The molecule has 0 unspecified atom stereocenters. The molecule has 1 aromatic heterocycles. The molecule has 2 aliphatic heterocycles. The van der Waals surface area contributed by atoms with E-state index in [1.54, 1.807) is 28.6 Å². The first-order valence-electron chi connectivity index (χ1n) is 8.68. The third-order valence-electron chi connectivity index (χ3n) is 5.20. The van der Waals surface area contributed by atoms with E-state index in [0.717, 1.165) is 5.69 Å². The van der Waals surface area contributed by atoms with Gasteiger partial charge in [-0.1, -0.05) is 0 Å². The molecule has 9 nitrogen and oxygen atoms in total. The number of piperazine rings is 1. The fourth-order valence-corrected chi connectivity index (χ4v) is 5.81. The standard InChI is InChI=1S/C16H25N5O4S/c1-5-21-11(2)12(8-17-21)15(22)19-6-7-20(16(23)18(3)4)14-10-26(24,25)9-13(14)19/h8,13-14H,5-7,9-10H2,1-4H3/t13-,14+/m1/s1. The summed E-state index contributed by atoms with van der Waals surface area (Å²) < 4.78 is 26.2. The van der Waals surface area contributed by atoms with Gasteiger partial charge in [0.05, 0.1) is 35.3 Å². The van der Waals surface area contributed by atoms with Crippen molar-refractivity contribution in [3.63, 3.8) is 0 Å². The summed E-state index contributed by atoms with van der Waals surface area (Å²) in [6.07, 6.45) is 1.54. The summed E-state index contributed by atoms with van der Waals surface area (Å²) in [6.45, 7) is 5.06. The first kappa shape index (κ1) is 18.7. The van der Waals surface area contributed by atoms with Crippen LogP contribution < -0.4 is 0 Å². The molecule has 2 fully saturated rings. The Hall–Kier alpha value is -2.10. The zero-order valence-corrected chi connectivity index (χ0v) is 16.4. The normalized spacial score (nSPS) is 24.5. The summed E-state index contributed by atoms with van der Waals surface area (Å²) >= 11 is 0. The number of aryl methyl sites for hydroxylation is 1. The molecule has 26 heavy (non-hydrogen) atoms. The summed E-state index contributed by atoms with van der Waals surface area (Å²) in [5.74, 6) is -0.429. The van der Waals surface area contributed by atoms with Crippen molar-refractivity contribution in [3.8, 4) is 0 Å². The van der Waals surface area contributed by atoms with E-state index < -0.39 is 21.9 Å². The average Bonchev–Trinajstić information content (AvgIpc) is 3.10. The van der Waals surface area contributed by atoms with Crippen LogP contribution >= 0.6 is 0 Å². The summed E-state index contributed by atoms with van der Waals surface area (Å²) in [5, 5.41) is 4.21. The molecule has 0 spiro atoms. The number of sulfone groups is 1. The molecule has 0 saturated carbocycles. The van der Waals surface area contributed by atoms with Crippen molar-refractivity contribution in [1.29, 1.82) is 0 Å². The zero-order chi connectivity index (χ0) is 19.2. The van der Waals surface area contributed by atoms with Crippen molar-refractivity contribution in [3.05, 3.63) is 17.5 Å². The van der Waals surface area contributed by atoms with Crippen LogP contribution in [0.1, 0.15) is 23.0 Å². The second kappa shape index (κ2) is 6.57. The van der Waals surface area contributed by atoms with Gasteiger partial charge in [-0.3, -0.25) is 9.48 Å². The predicted molar refractivity (Wildman–Crippen MR) is 95.7 cm³/mol. The fraction of sp³-hybridized carbons (Fsp3) is 0.688. The van der Waals surface area contributed by atoms with E-state index in [2.05, 4.69) is 5.10 Å². The van der Waals surface area contributed by atoms with E-state index in [1.165, 1.54) is 11.1 Å². The quantitative estimate of drug-likeness (QED) is 0.706. The van der Waals surface area contributed by atoms with Crippen LogP contribution in [0.15, 0.2) is 6.20 Å². The Balaban J connectivity index is 1.91. The fourth-order valence-electron chi connectivity index (χ4n) is 3.83. The van der Waals surface area contributed by atoms with Crippen molar-refractivity contribution in [2.24, 2.45) is 0 Å². The molecule has 2 atom stereocenters. The SMILES string of the molecule is CCn1ncc(C(=O)N2CCN(C(=O)N(C)C)[C@H]3CS(=O)(=O)C[C@H]32)c1C. The van der Waals surface area contributed by atoms with Gasteiger partial charge >= 0.3 is 6.03 Å². The van der Waals surface area contributed by atoms with Gasteiger partial charge in [0.25, 0.3) is 5.91 Å². The lowest BCUT2D eigenvalue weighted by atomic mass is 10.0. The molecule has 0 radical (unpaired) electrons. The number of carbonyl (C=O) groups excluding carboxylic acids is 2. The number of aromatic nitrogens is 2. The minimum absolute atomic E-state index is 0.103. The van der Waals surface area contributed by atoms with E-state index >= 15 is 0 Å². The van der Waals surface area contributed by atoms with Gasteiger partial charge in [0.2, 0.25) is 0 Å². The van der Waals surface area contributed by atoms with Crippen molar-refractivity contribution in [2.45, 2.75) is 32.5 Å². The maximum Gasteiger partial charge on any atom is 0.319 e. The number of hydrogen-bond acceptors (Lipinski definition) is 5. The lowest BCUT2D eigenvalue weighted by Crippen LogP contribution is -2.63. The number of amides is 3. The zero-order valence-electron chi connectivity index (χ0n) is 15.5. The van der Waals surface area contributed by atoms with Gasteiger partial charge in [0.1, 0.15) is 0 Å². The van der Waals surface area contributed by atoms with Gasteiger partial charge in [-0.25, -0.2) is 13.2 Å². The molecular formula is C16H25N5O4S. The Morgan fingerprint density at radius 2 is 1.77 bits per heavy atom. The Labute approximate surface area is 153 Å². The van der Waals surface area contributed by atoms with Gasteiger partial charge in [-0.05, 0) is 13.8 Å². The van der Waals surface area contributed by atoms with Crippen LogP contribution in [0.2, 0.25) is 0 Å². The van der Waals surface area contributed by atoms with Gasteiger partial charge < -0.3 is 14.7 Å². The van der Waals surface area contributed by atoms with Gasteiger partial charge in [0.15, 0.2) is 9.84 Å². The summed E-state index contributed by atoms with van der Waals surface area (Å²) in [6, 6.07) is -1.25. The molecule has 3 heterocycles. The van der Waals surface area contributed by atoms with Crippen molar-refractivity contribution in [1.82, 2.24) is 24.5 Å². The first-order chi connectivity index (χ1) is 12.2. The molecule has 1 aromatic rings. The molecule has 144 valence electrons. The predicted octanol–water partition coefficient (Wildman–Crippen LogP) is -0.184. The van der Waals surface area contributed by atoms with Crippen molar-refractivity contribution in [2.75, 3.05) is 38.7 Å². The second-order valence-electron chi connectivity index (χ2n) is 7.04. The lowest BCUT2D eigenvalue weighted by molar-refractivity contribution is 0.0392. The van der Waals surface area contributed by atoms with Crippen LogP contribution in [0.25, 0.3) is 0 Å². The number of fused-ring (bicyclic) bond motifs is 1. The van der Waals surface area contributed by atoms with Crippen LogP contribution in [-0.2, 0) is 16.4 Å². The second-order valence-corrected chi connectivity index (χ2v) is 9.19. The van der Waals surface area contributed by atoms with Crippen molar-refractivity contribution < 1.29 is 18.0 Å². The van der Waals surface area contributed by atoms with Gasteiger partial charge in [-0.15, -0.1) is 0 Å². The minimum Gasteiger partial charge on any atom is -0.331 e. The Bertz CT molecular complexity index is 832. The Morgan fingerprint density at radius 3 is 2.31 bits per heavy atom. The molecule has 3 rings (SSSR count). The number of carbonyl (C=O) groups is 2. The molecule has 10 heteroatoms. The summed E-state index contributed by atoms with van der Waals surface area (Å²) in [4.78, 5) is 30.1. The van der Waals surface area contributed by atoms with E-state index in [9.17, 15) is 18.0 Å². The third-order valence-corrected chi connectivity index (χ3v) is 6.90. The smallest absolute Gasteiger partial charge is 0.319 e. The largest absolute Gasteiger partial charge is 0.331 e. The summed E-state index contributed by atoms with van der Waals surface area (Å²) in [5.41, 5.74) is 1.25. The van der Waals surface area contributed by atoms with Crippen LogP contribution in [0.3, 0.4) is 0 Å². The van der Waals surface area contributed by atoms with Crippen LogP contribution in [0, 0.1) is 6.92 Å². The van der Waals surface area contributed by atoms with E-state index in [-0.39, 0.29) is 23.4 Å². The summed E-state index contributed by atoms with van der Waals surface area (Å²) in [7, 11) is -0.0269. The van der Waals surface area contributed by atoms with Crippen LogP contribution in [-0.4, -0.2) is 95.6 Å². The maximum atomic E-state index is 13.1. The topological polar surface area (TPSA) is 95.8 Å². The molecular weight excluding hydrogens is 358 g/mol. The van der Waals surface area contributed by atoms with Crippen LogP contribution in [0.4, 0.5) is 4.79 Å². The van der Waals surface area contributed by atoms with E-state index in [1.807, 2.05) is 13.8 Å².